The van der Waals surface area contributed by atoms with Gasteiger partial charge in [0.25, 0.3) is 0 Å². The van der Waals surface area contributed by atoms with Crippen LogP contribution in [-0.2, 0) is 15.1 Å². The maximum absolute atomic E-state index is 13.0. The number of pyridine rings is 1. The van der Waals surface area contributed by atoms with E-state index in [1.54, 1.807) is 0 Å². The molecule has 71 valence electrons. The predicted molar refractivity (Wildman–Crippen MR) is 42.4 cm³/mol. The van der Waals surface area contributed by atoms with Crippen molar-refractivity contribution in [1.29, 1.82) is 0 Å². The van der Waals surface area contributed by atoms with Crippen molar-refractivity contribution in [2.75, 3.05) is 0 Å². The van der Waals surface area contributed by atoms with Crippen LogP contribution in [0.25, 0.3) is 0 Å². The number of sulfone groups is 1. The lowest BCUT2D eigenvalue weighted by molar-refractivity contribution is 0.0917. The van der Waals surface area contributed by atoms with Crippen LogP contribution in [0.5, 0.6) is 0 Å². The van der Waals surface area contributed by atoms with Crippen molar-refractivity contribution in [2.45, 2.75) is 5.25 Å². The first-order valence-electron chi connectivity index (χ1n) is 3.21. The average molecular weight is 206 g/mol. The van der Waals surface area contributed by atoms with Crippen molar-refractivity contribution in [1.82, 2.24) is 4.98 Å². The van der Waals surface area contributed by atoms with Crippen molar-refractivity contribution in [3.8, 4) is 0 Å². The van der Waals surface area contributed by atoms with Crippen LogP contribution in [0.3, 0.4) is 0 Å². The Kier molecular flexibility index (Phi) is 2.34. The van der Waals surface area contributed by atoms with Crippen LogP contribution in [0.1, 0.15) is 5.56 Å². The van der Waals surface area contributed by atoms with Crippen LogP contribution >= 0.6 is 0 Å². The Labute approximate surface area is 74.3 Å². The van der Waals surface area contributed by atoms with Gasteiger partial charge in [0.1, 0.15) is 0 Å². The highest BCUT2D eigenvalue weighted by molar-refractivity contribution is 7.93. The van der Waals surface area contributed by atoms with Crippen molar-refractivity contribution in [2.24, 2.45) is 0 Å². The molecule has 1 aromatic heterocycles. The minimum absolute atomic E-state index is 0.676. The van der Waals surface area contributed by atoms with Crippen molar-refractivity contribution in [3.63, 3.8) is 0 Å². The summed E-state index contributed by atoms with van der Waals surface area (Å²) >= 11 is 0. The molecule has 0 unspecified atom stereocenters. The number of nitrogens with zero attached hydrogens (tertiary/aromatic N) is 1. The summed E-state index contributed by atoms with van der Waals surface area (Å²) in [4.78, 5) is 3.39. The molecular formula is C7H6F2NO2S. The van der Waals surface area contributed by atoms with Gasteiger partial charge in [0.2, 0.25) is 9.84 Å². The second-order valence-corrected chi connectivity index (χ2v) is 4.12. The van der Waals surface area contributed by atoms with Crippen molar-refractivity contribution >= 4 is 9.84 Å². The Bertz CT molecular complexity index is 388. The van der Waals surface area contributed by atoms with Gasteiger partial charge in [0, 0.05) is 12.4 Å². The molecule has 0 aliphatic rings. The molecule has 0 amide bonds. The fraction of sp³-hybridized carbons (Fsp3) is 0.143. The predicted octanol–water partition coefficient (Wildman–Crippen LogP) is 1.34. The molecule has 0 bridgehead atoms. The maximum atomic E-state index is 13.0. The van der Waals surface area contributed by atoms with Crippen molar-refractivity contribution < 1.29 is 17.2 Å². The van der Waals surface area contributed by atoms with E-state index in [1.807, 2.05) is 0 Å². The first kappa shape index (κ1) is 10.0. The van der Waals surface area contributed by atoms with E-state index in [-0.39, 0.29) is 0 Å². The zero-order valence-electron chi connectivity index (χ0n) is 6.44. The summed E-state index contributed by atoms with van der Waals surface area (Å²) in [6.45, 7) is 0. The number of hydrogen-bond acceptors (Lipinski definition) is 3. The summed E-state index contributed by atoms with van der Waals surface area (Å²) in [6.07, 6.45) is 4.48. The highest BCUT2D eigenvalue weighted by Crippen LogP contribution is 2.33. The molecule has 0 N–H and O–H groups in total. The van der Waals surface area contributed by atoms with E-state index in [2.05, 4.69) is 11.2 Å². The Morgan fingerprint density at radius 1 is 1.46 bits per heavy atom. The third-order valence-corrected chi connectivity index (χ3v) is 2.41. The minimum Gasteiger partial charge on any atom is -0.264 e. The number of rotatable bonds is 2. The monoisotopic (exact) mass is 206 g/mol. The standard InChI is InChI=1S/C7H6F2NO2S/c1-13(11,12)7(8,9)6-3-2-4-10-5-6/h2-5H,1H2. The third-order valence-electron chi connectivity index (χ3n) is 1.39. The van der Waals surface area contributed by atoms with Gasteiger partial charge in [-0.3, -0.25) is 4.98 Å². The number of hydrogen-bond donors (Lipinski definition) is 0. The van der Waals surface area contributed by atoms with Gasteiger partial charge in [-0.25, -0.2) is 8.42 Å². The van der Waals surface area contributed by atoms with E-state index in [0.29, 0.717) is 0 Å². The molecule has 0 aromatic carbocycles. The fourth-order valence-electron chi connectivity index (χ4n) is 0.714. The van der Waals surface area contributed by atoms with E-state index in [1.165, 1.54) is 12.3 Å². The topological polar surface area (TPSA) is 47.0 Å². The zero-order chi connectivity index (χ0) is 10.1. The second kappa shape index (κ2) is 3.02. The summed E-state index contributed by atoms with van der Waals surface area (Å²) in [5.74, 6) is 0. The summed E-state index contributed by atoms with van der Waals surface area (Å²) in [5.41, 5.74) is -0.676. The van der Waals surface area contributed by atoms with Crippen LogP contribution in [0.2, 0.25) is 0 Å². The molecule has 0 aliphatic carbocycles. The SMILES string of the molecule is [CH2]S(=O)(=O)C(F)(F)c1cccnc1. The summed E-state index contributed by atoms with van der Waals surface area (Å²) in [6, 6.07) is 2.21. The van der Waals surface area contributed by atoms with Crippen LogP contribution in [0.15, 0.2) is 24.5 Å². The first-order valence-corrected chi connectivity index (χ1v) is 4.87. The van der Waals surface area contributed by atoms with Gasteiger partial charge in [-0.2, -0.15) is 8.78 Å². The molecule has 1 heterocycles. The van der Waals surface area contributed by atoms with Gasteiger partial charge in [-0.15, -0.1) is 0 Å². The Morgan fingerprint density at radius 3 is 2.46 bits per heavy atom. The zero-order valence-corrected chi connectivity index (χ0v) is 7.26. The average Bonchev–Trinajstić information content (AvgIpc) is 2.04. The molecule has 1 radical (unpaired) electrons. The quantitative estimate of drug-likeness (QED) is 0.733. The molecule has 1 rings (SSSR count). The molecule has 0 saturated carbocycles. The van der Waals surface area contributed by atoms with Gasteiger partial charge < -0.3 is 0 Å². The van der Waals surface area contributed by atoms with Gasteiger partial charge in [0.05, 0.1) is 11.8 Å². The van der Waals surface area contributed by atoms with Crippen LogP contribution in [0.4, 0.5) is 8.78 Å². The largest absolute Gasteiger partial charge is 0.372 e. The highest BCUT2D eigenvalue weighted by atomic mass is 32.2. The Balaban J connectivity index is 3.24. The van der Waals surface area contributed by atoms with E-state index in [4.69, 9.17) is 0 Å². The molecule has 13 heavy (non-hydrogen) atoms. The number of aromatic nitrogens is 1. The number of alkyl halides is 2. The molecule has 3 nitrogen and oxygen atoms in total. The molecule has 0 spiro atoms. The smallest absolute Gasteiger partial charge is 0.264 e. The van der Waals surface area contributed by atoms with Crippen LogP contribution in [0, 0.1) is 6.26 Å². The van der Waals surface area contributed by atoms with Crippen LogP contribution in [-0.4, -0.2) is 13.4 Å². The lowest BCUT2D eigenvalue weighted by Gasteiger charge is -2.12. The summed E-state index contributed by atoms with van der Waals surface area (Å²) < 4.78 is 47.1. The fourth-order valence-corrected chi connectivity index (χ4v) is 1.19. The molecule has 1 aromatic rings. The Hall–Kier alpha value is -1.04. The van der Waals surface area contributed by atoms with E-state index in [9.17, 15) is 17.2 Å². The van der Waals surface area contributed by atoms with Crippen molar-refractivity contribution in [3.05, 3.63) is 36.3 Å². The normalized spacial score (nSPS) is 12.8. The maximum Gasteiger partial charge on any atom is 0.372 e. The Morgan fingerprint density at radius 2 is 2.08 bits per heavy atom. The second-order valence-electron chi connectivity index (χ2n) is 2.37. The van der Waals surface area contributed by atoms with E-state index >= 15 is 0 Å². The first-order chi connectivity index (χ1) is 5.86. The lowest BCUT2D eigenvalue weighted by Crippen LogP contribution is -2.23. The molecular weight excluding hydrogens is 200 g/mol. The molecule has 0 atom stereocenters. The summed E-state index contributed by atoms with van der Waals surface area (Å²) in [5, 5.41) is -3.97. The third kappa shape index (κ3) is 1.82. The molecule has 0 saturated heterocycles. The summed E-state index contributed by atoms with van der Waals surface area (Å²) in [7, 11) is -4.68. The molecule has 0 aliphatic heterocycles. The number of halogens is 2. The van der Waals surface area contributed by atoms with Crippen LogP contribution < -0.4 is 0 Å². The highest BCUT2D eigenvalue weighted by Gasteiger charge is 2.43. The molecule has 6 heteroatoms. The van der Waals surface area contributed by atoms with Gasteiger partial charge in [-0.05, 0) is 12.1 Å². The van der Waals surface area contributed by atoms with Gasteiger partial charge >= 0.3 is 5.25 Å². The minimum atomic E-state index is -4.68. The van der Waals surface area contributed by atoms with E-state index < -0.39 is 20.7 Å². The van der Waals surface area contributed by atoms with Gasteiger partial charge in [0.15, 0.2) is 0 Å². The lowest BCUT2D eigenvalue weighted by atomic mass is 10.3. The van der Waals surface area contributed by atoms with Gasteiger partial charge in [-0.1, -0.05) is 0 Å². The van der Waals surface area contributed by atoms with E-state index in [0.717, 1.165) is 12.3 Å². The molecule has 0 fully saturated rings.